The van der Waals surface area contributed by atoms with Crippen molar-refractivity contribution >= 4 is 22.2 Å². The molecule has 0 spiro atoms. The molecule has 0 saturated carbocycles. The molecule has 0 radical (unpaired) electrons. The number of carbonyl (C=O) groups excluding carboxylic acids is 1. The Bertz CT molecular complexity index is 987. The molecule has 7 nitrogen and oxygen atoms in total. The van der Waals surface area contributed by atoms with E-state index in [2.05, 4.69) is 34.0 Å². The molecule has 1 aromatic carbocycles. The third-order valence-electron chi connectivity index (χ3n) is 5.33. The Labute approximate surface area is 161 Å². The molecule has 3 heterocycles. The van der Waals surface area contributed by atoms with Crippen LogP contribution in [0.15, 0.2) is 24.3 Å². The van der Waals surface area contributed by atoms with Gasteiger partial charge < -0.3 is 10.8 Å². The highest BCUT2D eigenvalue weighted by Crippen LogP contribution is 2.42. The zero-order chi connectivity index (χ0) is 19.1. The highest BCUT2D eigenvalue weighted by atomic mass is 32.1. The summed E-state index contributed by atoms with van der Waals surface area (Å²) in [6.45, 7) is 5.39. The lowest BCUT2D eigenvalue weighted by Gasteiger charge is -2.37. The fraction of sp³-hybridized carbons (Fsp3) is 0.421. The molecule has 1 aliphatic rings. The summed E-state index contributed by atoms with van der Waals surface area (Å²) in [5.74, 6) is 0.482. The zero-order valence-electron chi connectivity index (χ0n) is 15.4. The summed E-state index contributed by atoms with van der Waals surface area (Å²) in [5, 5.41) is 15.2. The van der Waals surface area contributed by atoms with Gasteiger partial charge in [-0.1, -0.05) is 35.6 Å². The first kappa shape index (κ1) is 17.9. The maximum absolute atomic E-state index is 11.5. The molecule has 1 fully saturated rings. The predicted octanol–water partition coefficient (Wildman–Crippen LogP) is 2.40. The number of carbonyl (C=O) groups is 1. The van der Waals surface area contributed by atoms with Crippen molar-refractivity contribution in [2.24, 2.45) is 11.7 Å². The van der Waals surface area contributed by atoms with E-state index in [9.17, 15) is 9.90 Å². The minimum Gasteiger partial charge on any atom is -0.492 e. The fourth-order valence-corrected chi connectivity index (χ4v) is 5.02. The Kier molecular flexibility index (Phi) is 4.61. The molecule has 4 rings (SSSR count). The number of amides is 1. The number of hydrogen-bond donors (Lipinski definition) is 2. The van der Waals surface area contributed by atoms with Gasteiger partial charge >= 0.3 is 0 Å². The first-order valence-electron chi connectivity index (χ1n) is 9.09. The summed E-state index contributed by atoms with van der Waals surface area (Å²) < 4.78 is 1.51. The molecule has 27 heavy (non-hydrogen) atoms. The number of aromatic nitrogens is 3. The van der Waals surface area contributed by atoms with Crippen molar-refractivity contribution in [3.8, 4) is 5.88 Å². The number of thiazole rings is 1. The number of aryl methyl sites for hydroxylation is 2. The van der Waals surface area contributed by atoms with Crippen LogP contribution in [0.2, 0.25) is 0 Å². The summed E-state index contributed by atoms with van der Waals surface area (Å²) in [5.41, 5.74) is 7.80. The number of nitrogens with zero attached hydrogens (tertiary/aromatic N) is 4. The van der Waals surface area contributed by atoms with Gasteiger partial charge in [0.25, 0.3) is 0 Å². The number of hydrogen-bond acceptors (Lipinski definition) is 6. The van der Waals surface area contributed by atoms with Gasteiger partial charge in [0, 0.05) is 5.92 Å². The van der Waals surface area contributed by atoms with Gasteiger partial charge in [0.1, 0.15) is 5.82 Å². The molecule has 3 N–H and O–H groups in total. The number of benzene rings is 1. The van der Waals surface area contributed by atoms with E-state index in [4.69, 9.17) is 5.73 Å². The lowest BCUT2D eigenvalue weighted by atomic mass is 9.92. The van der Waals surface area contributed by atoms with Crippen LogP contribution in [-0.4, -0.2) is 43.6 Å². The van der Waals surface area contributed by atoms with Gasteiger partial charge in [-0.2, -0.15) is 4.52 Å². The third-order valence-corrected chi connectivity index (χ3v) is 6.41. The second-order valence-electron chi connectivity index (χ2n) is 7.12. The second-order valence-corrected chi connectivity index (χ2v) is 8.12. The average molecular weight is 385 g/mol. The molecule has 2 aromatic heterocycles. The first-order chi connectivity index (χ1) is 13.0. The van der Waals surface area contributed by atoms with Gasteiger partial charge in [-0.25, -0.2) is 4.98 Å². The quantitative estimate of drug-likeness (QED) is 0.719. The largest absolute Gasteiger partial charge is 0.492 e. The van der Waals surface area contributed by atoms with E-state index in [0.29, 0.717) is 10.8 Å². The highest BCUT2D eigenvalue weighted by molar-refractivity contribution is 7.17. The van der Waals surface area contributed by atoms with Gasteiger partial charge in [0.15, 0.2) is 0 Å². The van der Waals surface area contributed by atoms with Crippen molar-refractivity contribution in [2.45, 2.75) is 32.7 Å². The summed E-state index contributed by atoms with van der Waals surface area (Å²) in [4.78, 5) is 19.8. The fourth-order valence-electron chi connectivity index (χ4n) is 3.87. The van der Waals surface area contributed by atoms with Gasteiger partial charge in [0.05, 0.1) is 10.9 Å². The molecule has 0 bridgehead atoms. The summed E-state index contributed by atoms with van der Waals surface area (Å²) >= 11 is 1.46. The normalized spacial score (nSPS) is 17.4. The molecular weight excluding hydrogens is 362 g/mol. The Hall–Kier alpha value is -2.45. The molecule has 0 unspecified atom stereocenters. The van der Waals surface area contributed by atoms with Gasteiger partial charge in [0.2, 0.25) is 16.7 Å². The molecule has 1 saturated heterocycles. The number of fused-ring (bicyclic) bond motifs is 1. The number of aromatic hydroxyl groups is 1. The molecule has 1 amide bonds. The molecule has 1 aliphatic heterocycles. The molecular formula is C19H23N5O2S. The Morgan fingerprint density at radius 1 is 1.30 bits per heavy atom. The van der Waals surface area contributed by atoms with Crippen LogP contribution in [0.5, 0.6) is 5.88 Å². The van der Waals surface area contributed by atoms with Crippen LogP contribution in [-0.2, 0) is 4.79 Å². The van der Waals surface area contributed by atoms with Crippen molar-refractivity contribution in [2.75, 3.05) is 13.1 Å². The van der Waals surface area contributed by atoms with Crippen LogP contribution >= 0.6 is 11.3 Å². The topological polar surface area (TPSA) is 96.8 Å². The molecule has 142 valence electrons. The van der Waals surface area contributed by atoms with Crippen LogP contribution in [0, 0.1) is 19.8 Å². The minimum absolute atomic E-state index is 0.0719. The van der Waals surface area contributed by atoms with Crippen LogP contribution in [0.25, 0.3) is 4.96 Å². The lowest BCUT2D eigenvalue weighted by Crippen LogP contribution is -2.40. The van der Waals surface area contributed by atoms with E-state index < -0.39 is 0 Å². The van der Waals surface area contributed by atoms with Crippen LogP contribution in [0.3, 0.4) is 0 Å². The van der Waals surface area contributed by atoms with Crippen molar-refractivity contribution in [3.63, 3.8) is 0 Å². The van der Waals surface area contributed by atoms with Crippen molar-refractivity contribution < 1.29 is 9.90 Å². The van der Waals surface area contributed by atoms with Crippen LogP contribution in [0.4, 0.5) is 0 Å². The number of piperidine rings is 1. The van der Waals surface area contributed by atoms with Gasteiger partial charge in [-0.15, -0.1) is 5.10 Å². The molecule has 8 heteroatoms. The SMILES string of the molecule is Cc1nc2sc([C@@H](c3ccccc3C)N3CCC(C(N)=O)CC3)c(O)n2n1. The standard InChI is InChI=1S/C19H23N5O2S/c1-11-5-3-4-6-14(11)15(23-9-7-13(8-10-23)17(20)25)16-18(26)24-19(27-16)21-12(2)22-24/h3-6,13,15,26H,7-10H2,1-2H3,(H2,20,25)/t15-/m1/s1. The maximum Gasteiger partial charge on any atom is 0.230 e. The van der Waals surface area contributed by atoms with E-state index in [1.165, 1.54) is 15.9 Å². The van der Waals surface area contributed by atoms with E-state index in [0.717, 1.165) is 41.9 Å². The lowest BCUT2D eigenvalue weighted by molar-refractivity contribution is -0.123. The van der Waals surface area contributed by atoms with Crippen LogP contribution in [0.1, 0.15) is 40.7 Å². The average Bonchev–Trinajstić information content (AvgIpc) is 3.15. The van der Waals surface area contributed by atoms with E-state index >= 15 is 0 Å². The third kappa shape index (κ3) is 3.19. The monoisotopic (exact) mass is 385 g/mol. The van der Waals surface area contributed by atoms with E-state index in [1.54, 1.807) is 0 Å². The van der Waals surface area contributed by atoms with Crippen LogP contribution < -0.4 is 5.73 Å². The number of nitrogens with two attached hydrogens (primary N) is 1. The van der Waals surface area contributed by atoms with Gasteiger partial charge in [-0.05, 0) is 50.9 Å². The maximum atomic E-state index is 11.5. The highest BCUT2D eigenvalue weighted by Gasteiger charge is 2.33. The Morgan fingerprint density at radius 3 is 2.63 bits per heavy atom. The number of primary amides is 1. The summed E-state index contributed by atoms with van der Waals surface area (Å²) in [7, 11) is 0. The van der Waals surface area contributed by atoms with Crippen molar-refractivity contribution in [3.05, 3.63) is 46.1 Å². The number of likely N-dealkylation sites (tertiary alicyclic amines) is 1. The van der Waals surface area contributed by atoms with Gasteiger partial charge in [-0.3, -0.25) is 9.69 Å². The predicted molar refractivity (Wildman–Crippen MR) is 104 cm³/mol. The first-order valence-corrected chi connectivity index (χ1v) is 9.91. The second kappa shape index (κ2) is 6.94. The molecule has 1 atom stereocenters. The smallest absolute Gasteiger partial charge is 0.230 e. The van der Waals surface area contributed by atoms with Crippen molar-refractivity contribution in [1.82, 2.24) is 19.5 Å². The Balaban J connectivity index is 1.77. The van der Waals surface area contributed by atoms with E-state index in [1.807, 2.05) is 19.1 Å². The van der Waals surface area contributed by atoms with E-state index in [-0.39, 0.29) is 23.7 Å². The number of rotatable bonds is 4. The minimum atomic E-state index is -0.223. The zero-order valence-corrected chi connectivity index (χ0v) is 16.2. The van der Waals surface area contributed by atoms with Crippen molar-refractivity contribution in [1.29, 1.82) is 0 Å². The molecule has 0 aliphatic carbocycles. The molecule has 3 aromatic rings. The Morgan fingerprint density at radius 2 is 2.00 bits per heavy atom. The summed E-state index contributed by atoms with van der Waals surface area (Å²) in [6.07, 6.45) is 1.47. The summed E-state index contributed by atoms with van der Waals surface area (Å²) in [6, 6.07) is 8.11.